The van der Waals surface area contributed by atoms with Crippen molar-refractivity contribution in [3.8, 4) is 11.8 Å². The Labute approximate surface area is 187 Å². The van der Waals surface area contributed by atoms with E-state index >= 15 is 0 Å². The lowest BCUT2D eigenvalue weighted by atomic mass is 10.1. The molecule has 0 saturated heterocycles. The third-order valence-electron chi connectivity index (χ3n) is 4.63. The summed E-state index contributed by atoms with van der Waals surface area (Å²) < 4.78 is 7.83. The summed E-state index contributed by atoms with van der Waals surface area (Å²) in [5.74, 6) is 0.411. The highest BCUT2D eigenvalue weighted by Gasteiger charge is 2.19. The Morgan fingerprint density at radius 3 is 2.61 bits per heavy atom. The van der Waals surface area contributed by atoms with Gasteiger partial charge in [-0.3, -0.25) is 4.79 Å². The molecule has 28 heavy (non-hydrogen) atoms. The maximum Gasteiger partial charge on any atom is 0.262 e. The molecule has 0 radical (unpaired) electrons. The molecule has 1 amide bonds. The Balaban J connectivity index is 1.66. The fourth-order valence-corrected chi connectivity index (χ4v) is 3.98. The van der Waals surface area contributed by atoms with Crippen molar-refractivity contribution in [1.82, 2.24) is 5.32 Å². The molecule has 1 aliphatic rings. The molecule has 1 saturated carbocycles. The molecule has 144 valence electrons. The molecule has 2 aromatic carbocycles. The van der Waals surface area contributed by atoms with Gasteiger partial charge >= 0.3 is 0 Å². The van der Waals surface area contributed by atoms with E-state index in [0.29, 0.717) is 12.4 Å². The average molecular weight is 551 g/mol. The molecule has 4 nitrogen and oxygen atoms in total. The number of rotatable bonds is 6. The SMILES string of the molecule is N#C/C(=C/c1ccc(OCc2ccc(I)cc2)c(Br)c1)C(=O)NC1CCCC1. The number of ether oxygens (including phenoxy) is 1. The summed E-state index contributed by atoms with van der Waals surface area (Å²) in [7, 11) is 0. The van der Waals surface area contributed by atoms with E-state index in [1.54, 1.807) is 6.08 Å². The van der Waals surface area contributed by atoms with Gasteiger partial charge in [-0.2, -0.15) is 5.26 Å². The van der Waals surface area contributed by atoms with Gasteiger partial charge in [-0.1, -0.05) is 31.0 Å². The quantitative estimate of drug-likeness (QED) is 0.289. The third kappa shape index (κ3) is 5.82. The molecule has 6 heteroatoms. The normalized spacial score (nSPS) is 14.5. The summed E-state index contributed by atoms with van der Waals surface area (Å²) in [5, 5.41) is 12.3. The van der Waals surface area contributed by atoms with Crippen LogP contribution >= 0.6 is 38.5 Å². The minimum Gasteiger partial charge on any atom is -0.488 e. The lowest BCUT2D eigenvalue weighted by Crippen LogP contribution is -2.33. The largest absolute Gasteiger partial charge is 0.488 e. The van der Waals surface area contributed by atoms with Crippen LogP contribution in [0.5, 0.6) is 5.75 Å². The first kappa shape index (κ1) is 20.9. The maximum atomic E-state index is 12.3. The van der Waals surface area contributed by atoms with Crippen molar-refractivity contribution in [3.05, 3.63) is 67.2 Å². The van der Waals surface area contributed by atoms with Gasteiger partial charge in [0.2, 0.25) is 0 Å². The van der Waals surface area contributed by atoms with Crippen LogP contribution in [0, 0.1) is 14.9 Å². The zero-order valence-corrected chi connectivity index (χ0v) is 19.0. The minimum atomic E-state index is -0.301. The Hall–Kier alpha value is -1.85. The summed E-state index contributed by atoms with van der Waals surface area (Å²) >= 11 is 5.78. The predicted molar refractivity (Wildman–Crippen MR) is 122 cm³/mol. The molecule has 2 aromatic rings. The van der Waals surface area contributed by atoms with Gasteiger partial charge in [-0.25, -0.2) is 0 Å². The number of hydrogen-bond acceptors (Lipinski definition) is 3. The van der Waals surface area contributed by atoms with Crippen molar-refractivity contribution in [1.29, 1.82) is 5.26 Å². The first-order valence-electron chi connectivity index (χ1n) is 9.14. The van der Waals surface area contributed by atoms with Crippen molar-refractivity contribution in [2.24, 2.45) is 0 Å². The third-order valence-corrected chi connectivity index (χ3v) is 5.97. The Bertz CT molecular complexity index is 913. The van der Waals surface area contributed by atoms with Crippen LogP contribution in [0.3, 0.4) is 0 Å². The van der Waals surface area contributed by atoms with E-state index in [4.69, 9.17) is 4.74 Å². The molecule has 1 fully saturated rings. The van der Waals surface area contributed by atoms with Gasteiger partial charge < -0.3 is 10.1 Å². The van der Waals surface area contributed by atoms with Crippen LogP contribution < -0.4 is 10.1 Å². The Morgan fingerprint density at radius 2 is 1.96 bits per heavy atom. The fraction of sp³-hybridized carbons (Fsp3) is 0.273. The summed E-state index contributed by atoms with van der Waals surface area (Å²) in [6, 6.07) is 15.9. The van der Waals surface area contributed by atoms with Crippen LogP contribution in [0.1, 0.15) is 36.8 Å². The van der Waals surface area contributed by atoms with Crippen LogP contribution in [-0.4, -0.2) is 11.9 Å². The number of nitrogens with zero attached hydrogens (tertiary/aromatic N) is 1. The number of hydrogen-bond donors (Lipinski definition) is 1. The molecule has 0 unspecified atom stereocenters. The number of amides is 1. The molecule has 0 aliphatic heterocycles. The monoisotopic (exact) mass is 550 g/mol. The number of nitrogens with one attached hydrogen (secondary N) is 1. The maximum absolute atomic E-state index is 12.3. The first-order valence-corrected chi connectivity index (χ1v) is 11.0. The van der Waals surface area contributed by atoms with Gasteiger partial charge in [0.05, 0.1) is 4.47 Å². The van der Waals surface area contributed by atoms with E-state index in [0.717, 1.165) is 41.3 Å². The van der Waals surface area contributed by atoms with Crippen molar-refractivity contribution in [2.45, 2.75) is 38.3 Å². The van der Waals surface area contributed by atoms with Crippen molar-refractivity contribution in [2.75, 3.05) is 0 Å². The highest BCUT2D eigenvalue weighted by molar-refractivity contribution is 14.1. The second-order valence-corrected chi connectivity index (χ2v) is 8.83. The van der Waals surface area contributed by atoms with Crippen LogP contribution in [0.15, 0.2) is 52.5 Å². The second-order valence-electron chi connectivity index (χ2n) is 6.73. The molecule has 3 rings (SSSR count). The molecular weight excluding hydrogens is 531 g/mol. The number of benzene rings is 2. The van der Waals surface area contributed by atoms with Crippen LogP contribution in [0.25, 0.3) is 6.08 Å². The van der Waals surface area contributed by atoms with E-state index in [-0.39, 0.29) is 17.5 Å². The smallest absolute Gasteiger partial charge is 0.262 e. The second kappa shape index (κ2) is 10.1. The summed E-state index contributed by atoms with van der Waals surface area (Å²) in [6.45, 7) is 0.470. The lowest BCUT2D eigenvalue weighted by molar-refractivity contribution is -0.117. The van der Waals surface area contributed by atoms with E-state index in [9.17, 15) is 10.1 Å². The lowest BCUT2D eigenvalue weighted by Gasteiger charge is -2.11. The molecular formula is C22H20BrIN2O2. The van der Waals surface area contributed by atoms with Crippen LogP contribution in [-0.2, 0) is 11.4 Å². The summed E-state index contributed by atoms with van der Waals surface area (Å²) in [4.78, 5) is 12.3. The number of nitriles is 1. The van der Waals surface area contributed by atoms with Gasteiger partial charge in [-0.15, -0.1) is 0 Å². The van der Waals surface area contributed by atoms with Crippen LogP contribution in [0.2, 0.25) is 0 Å². The number of carbonyl (C=O) groups excluding carboxylic acids is 1. The minimum absolute atomic E-state index is 0.117. The van der Waals surface area contributed by atoms with E-state index in [1.807, 2.05) is 48.5 Å². The summed E-state index contributed by atoms with van der Waals surface area (Å²) in [5.41, 5.74) is 1.98. The number of halogens is 2. The Morgan fingerprint density at radius 1 is 1.25 bits per heavy atom. The van der Waals surface area contributed by atoms with Gasteiger partial charge in [0.15, 0.2) is 0 Å². The van der Waals surface area contributed by atoms with Crippen molar-refractivity contribution in [3.63, 3.8) is 0 Å². The zero-order valence-electron chi connectivity index (χ0n) is 15.3. The van der Waals surface area contributed by atoms with Gasteiger partial charge in [0.25, 0.3) is 5.91 Å². The standard InChI is InChI=1S/C22H20BrIN2O2/c23-20-12-16(11-17(13-25)22(27)26-19-3-1-2-4-19)7-10-21(20)28-14-15-5-8-18(24)9-6-15/h5-12,19H,1-4,14H2,(H,26,27)/b17-11-. The molecule has 0 aromatic heterocycles. The van der Waals surface area contributed by atoms with Crippen molar-refractivity contribution < 1.29 is 9.53 Å². The van der Waals surface area contributed by atoms with E-state index in [2.05, 4.69) is 43.8 Å². The highest BCUT2D eigenvalue weighted by Crippen LogP contribution is 2.28. The first-order chi connectivity index (χ1) is 13.5. The van der Waals surface area contributed by atoms with E-state index in [1.165, 1.54) is 3.57 Å². The van der Waals surface area contributed by atoms with Gasteiger partial charge in [0, 0.05) is 9.61 Å². The molecule has 0 spiro atoms. The van der Waals surface area contributed by atoms with Gasteiger partial charge in [0.1, 0.15) is 24.0 Å². The summed E-state index contributed by atoms with van der Waals surface area (Å²) in [6.07, 6.45) is 5.85. The molecule has 1 N–H and O–H groups in total. The predicted octanol–water partition coefficient (Wildman–Crippen LogP) is 5.60. The van der Waals surface area contributed by atoms with Crippen LogP contribution in [0.4, 0.5) is 0 Å². The molecule has 0 heterocycles. The van der Waals surface area contributed by atoms with Gasteiger partial charge in [-0.05, 0) is 92.8 Å². The molecule has 1 aliphatic carbocycles. The fourth-order valence-electron chi connectivity index (χ4n) is 3.11. The van der Waals surface area contributed by atoms with Crippen molar-refractivity contribution >= 4 is 50.5 Å². The van der Waals surface area contributed by atoms with E-state index < -0.39 is 0 Å². The zero-order chi connectivity index (χ0) is 19.9. The topological polar surface area (TPSA) is 62.1 Å². The number of carbonyl (C=O) groups is 1. The Kier molecular flexibility index (Phi) is 7.51. The average Bonchev–Trinajstić information content (AvgIpc) is 3.19. The highest BCUT2D eigenvalue weighted by atomic mass is 127. The molecule has 0 atom stereocenters. The molecule has 0 bridgehead atoms.